The minimum atomic E-state index is -0.649. The quantitative estimate of drug-likeness (QED) is 0.287. The second-order valence-corrected chi connectivity index (χ2v) is 12.8. The minimum Gasteiger partial charge on any atom is -0.384 e. The largest absolute Gasteiger partial charge is 0.384 e. The Balaban J connectivity index is 1.19. The Hall–Kier alpha value is -4.71. The topological polar surface area (TPSA) is 152 Å². The molecular formula is C33H37N9O3. The number of likely N-dealkylation sites (tertiary alicyclic amines) is 2. The average Bonchev–Trinajstić information content (AvgIpc) is 3.34. The number of nitrogen functional groups attached to an aromatic ring is 1. The highest BCUT2D eigenvalue weighted by atomic mass is 16.2. The van der Waals surface area contributed by atoms with E-state index in [4.69, 9.17) is 5.73 Å². The molecule has 1 saturated carbocycles. The number of anilines is 2. The number of pyridine rings is 1. The fourth-order valence-electron chi connectivity index (χ4n) is 7.19. The summed E-state index contributed by atoms with van der Waals surface area (Å²) in [5.74, 6) is 0.725. The molecule has 12 heteroatoms. The third-order valence-electron chi connectivity index (χ3n) is 9.59. The fraction of sp³-hybridized carbons (Fsp3) is 0.424. The number of rotatable bonds is 8. The van der Waals surface area contributed by atoms with Crippen molar-refractivity contribution in [3.63, 3.8) is 0 Å². The number of hydrogen-bond donors (Lipinski definition) is 2. The van der Waals surface area contributed by atoms with Gasteiger partial charge in [0.2, 0.25) is 11.8 Å². The first kappa shape index (κ1) is 29.0. The lowest BCUT2D eigenvalue weighted by atomic mass is 9.98. The van der Waals surface area contributed by atoms with Gasteiger partial charge in [0.05, 0.1) is 5.52 Å². The van der Waals surface area contributed by atoms with Gasteiger partial charge in [-0.05, 0) is 81.9 Å². The highest BCUT2D eigenvalue weighted by Crippen LogP contribution is 2.60. The van der Waals surface area contributed by atoms with Crippen LogP contribution in [-0.2, 0) is 16.1 Å². The molecule has 2 saturated heterocycles. The molecule has 4 aromatic rings. The molecule has 1 aliphatic carbocycles. The average molecular weight is 608 g/mol. The van der Waals surface area contributed by atoms with Crippen LogP contribution >= 0.6 is 0 Å². The van der Waals surface area contributed by atoms with Gasteiger partial charge in [-0.2, -0.15) is 5.10 Å². The molecule has 2 aliphatic heterocycles. The van der Waals surface area contributed by atoms with Crippen molar-refractivity contribution in [1.29, 1.82) is 0 Å². The Morgan fingerprint density at radius 2 is 1.78 bits per heavy atom. The van der Waals surface area contributed by atoms with Crippen molar-refractivity contribution in [3.05, 3.63) is 59.8 Å². The summed E-state index contributed by atoms with van der Waals surface area (Å²) in [6.07, 6.45) is 7.31. The first-order valence-corrected chi connectivity index (χ1v) is 15.5. The Kier molecular flexibility index (Phi) is 7.11. The summed E-state index contributed by atoms with van der Waals surface area (Å²) in [6.45, 7) is 8.05. The lowest BCUT2D eigenvalue weighted by Gasteiger charge is -2.27. The molecule has 3 aromatic heterocycles. The summed E-state index contributed by atoms with van der Waals surface area (Å²) >= 11 is 0. The fourth-order valence-corrected chi connectivity index (χ4v) is 7.19. The first-order chi connectivity index (χ1) is 21.6. The monoisotopic (exact) mass is 607 g/mol. The molecule has 3 N–H and O–H groups in total. The molecule has 5 heterocycles. The standard InChI is InChI=1S/C33H37N9O3/c1-19-6-9-28(34)37-31(19)38-32(45)26-13-33(18-40-10-4-5-11-40)14-27(33)42(26)29(44)17-41-25-8-7-22(23-15-35-21(3)36-16-23)12-24(25)30(39-41)20(2)43/h6-9,12,15-16,26-27H,4-5,10-11,13-14,17-18H2,1-3H3,(H3,34,37,38,45)/t26-,27?,33?/m0/s1. The van der Waals surface area contributed by atoms with Crippen LogP contribution in [0.1, 0.15) is 54.5 Å². The van der Waals surface area contributed by atoms with Gasteiger partial charge in [-0.3, -0.25) is 19.1 Å². The van der Waals surface area contributed by atoms with E-state index in [1.54, 1.807) is 28.0 Å². The zero-order chi connectivity index (χ0) is 31.5. The van der Waals surface area contributed by atoms with Crippen LogP contribution < -0.4 is 11.1 Å². The molecule has 2 amide bonds. The van der Waals surface area contributed by atoms with Gasteiger partial charge in [0, 0.05) is 48.3 Å². The summed E-state index contributed by atoms with van der Waals surface area (Å²) < 4.78 is 1.59. The molecule has 0 radical (unpaired) electrons. The second kappa shape index (κ2) is 11.0. The van der Waals surface area contributed by atoms with E-state index in [2.05, 4.69) is 30.3 Å². The van der Waals surface area contributed by atoms with E-state index in [0.717, 1.165) is 42.7 Å². The molecule has 0 spiro atoms. The number of ketones is 1. The van der Waals surface area contributed by atoms with Gasteiger partial charge in [0.1, 0.15) is 35.7 Å². The molecule has 0 bridgehead atoms. The van der Waals surface area contributed by atoms with Crippen LogP contribution in [0.15, 0.2) is 42.7 Å². The van der Waals surface area contributed by atoms with Crippen molar-refractivity contribution >= 4 is 40.1 Å². The number of nitrogens with two attached hydrogens (primary N) is 1. The molecular weight excluding hydrogens is 570 g/mol. The number of amides is 2. The van der Waals surface area contributed by atoms with Gasteiger partial charge in [0.25, 0.3) is 0 Å². The molecule has 1 aromatic carbocycles. The van der Waals surface area contributed by atoms with Gasteiger partial charge >= 0.3 is 0 Å². The number of benzene rings is 1. The molecule has 2 unspecified atom stereocenters. The minimum absolute atomic E-state index is 0.0292. The first-order valence-electron chi connectivity index (χ1n) is 15.5. The number of nitrogens with one attached hydrogen (secondary N) is 1. The van der Waals surface area contributed by atoms with Crippen LogP contribution in [-0.4, -0.2) is 83.8 Å². The second-order valence-electron chi connectivity index (χ2n) is 12.8. The number of fused-ring (bicyclic) bond motifs is 2. The van der Waals surface area contributed by atoms with Crippen LogP contribution in [0.3, 0.4) is 0 Å². The number of hydrogen-bond acceptors (Lipinski definition) is 9. The van der Waals surface area contributed by atoms with Crippen LogP contribution in [0.5, 0.6) is 0 Å². The summed E-state index contributed by atoms with van der Waals surface area (Å²) in [5.41, 5.74) is 9.22. The number of aryl methyl sites for hydroxylation is 2. The Bertz CT molecular complexity index is 1830. The molecule has 12 nitrogen and oxygen atoms in total. The number of carbonyl (C=O) groups is 3. The predicted molar refractivity (Wildman–Crippen MR) is 169 cm³/mol. The highest BCUT2D eigenvalue weighted by Gasteiger charge is 2.67. The summed E-state index contributed by atoms with van der Waals surface area (Å²) in [6, 6.07) is 8.50. The SMILES string of the molecule is CC(=O)c1nn(CC(=O)N2C3CC3(CN3CCCC3)C[C@H]2C(=O)Nc2nc(N)ccc2C)c2ccc(-c3cnc(C)nc3)cc12. The van der Waals surface area contributed by atoms with Gasteiger partial charge in [-0.1, -0.05) is 12.1 Å². The van der Waals surface area contributed by atoms with Crippen LogP contribution in [0, 0.1) is 19.3 Å². The third kappa shape index (κ3) is 5.33. The van der Waals surface area contributed by atoms with Crippen molar-refractivity contribution in [2.45, 2.75) is 65.1 Å². The molecule has 3 fully saturated rings. The van der Waals surface area contributed by atoms with Gasteiger partial charge < -0.3 is 20.9 Å². The van der Waals surface area contributed by atoms with Gasteiger partial charge in [-0.15, -0.1) is 0 Å². The lowest BCUT2D eigenvalue weighted by molar-refractivity contribution is -0.138. The van der Waals surface area contributed by atoms with E-state index in [0.29, 0.717) is 40.5 Å². The van der Waals surface area contributed by atoms with E-state index < -0.39 is 6.04 Å². The Morgan fingerprint density at radius 3 is 2.51 bits per heavy atom. The van der Waals surface area contributed by atoms with Crippen molar-refractivity contribution in [1.82, 2.24) is 34.5 Å². The number of nitrogens with zero attached hydrogens (tertiary/aromatic N) is 7. The number of aromatic nitrogens is 5. The zero-order valence-corrected chi connectivity index (χ0v) is 25.8. The number of carbonyl (C=O) groups excluding carboxylic acids is 3. The molecule has 3 atom stereocenters. The molecule has 232 valence electrons. The van der Waals surface area contributed by atoms with Crippen molar-refractivity contribution in [2.75, 3.05) is 30.7 Å². The summed E-state index contributed by atoms with van der Waals surface area (Å²) in [7, 11) is 0. The molecule has 3 aliphatic rings. The normalized spacial score (nSPS) is 22.5. The molecule has 7 rings (SSSR count). The van der Waals surface area contributed by atoms with Crippen molar-refractivity contribution in [2.24, 2.45) is 5.41 Å². The highest BCUT2D eigenvalue weighted by molar-refractivity contribution is 6.06. The van der Waals surface area contributed by atoms with Crippen LogP contribution in [0.4, 0.5) is 11.6 Å². The van der Waals surface area contributed by atoms with Gasteiger partial charge in [-0.25, -0.2) is 15.0 Å². The van der Waals surface area contributed by atoms with Crippen molar-refractivity contribution < 1.29 is 14.4 Å². The van der Waals surface area contributed by atoms with Gasteiger partial charge in [0.15, 0.2) is 5.78 Å². The summed E-state index contributed by atoms with van der Waals surface area (Å²) in [4.78, 5) is 57.8. The smallest absolute Gasteiger partial charge is 0.248 e. The maximum Gasteiger partial charge on any atom is 0.248 e. The zero-order valence-electron chi connectivity index (χ0n) is 25.8. The van der Waals surface area contributed by atoms with E-state index >= 15 is 0 Å². The lowest BCUT2D eigenvalue weighted by Crippen LogP contribution is -2.47. The van der Waals surface area contributed by atoms with E-state index in [-0.39, 0.29) is 35.6 Å². The van der Waals surface area contributed by atoms with E-state index in [9.17, 15) is 14.4 Å². The maximum atomic E-state index is 14.2. The van der Waals surface area contributed by atoms with E-state index in [1.807, 2.05) is 38.1 Å². The Labute approximate surface area is 261 Å². The maximum absolute atomic E-state index is 14.2. The van der Waals surface area contributed by atoms with Crippen LogP contribution in [0.2, 0.25) is 0 Å². The molecule has 45 heavy (non-hydrogen) atoms. The number of piperidine rings is 1. The number of Topliss-reactive ketones (excluding diaryl/α,β-unsaturated/α-hetero) is 1. The third-order valence-corrected chi connectivity index (χ3v) is 9.59. The summed E-state index contributed by atoms with van der Waals surface area (Å²) in [5, 5.41) is 8.21. The predicted octanol–water partition coefficient (Wildman–Crippen LogP) is 3.38. The Morgan fingerprint density at radius 1 is 1.02 bits per heavy atom. The van der Waals surface area contributed by atoms with E-state index in [1.165, 1.54) is 19.8 Å². The van der Waals surface area contributed by atoms with Crippen molar-refractivity contribution in [3.8, 4) is 11.1 Å². The van der Waals surface area contributed by atoms with Crippen LogP contribution in [0.25, 0.3) is 22.0 Å².